The number of benzene rings is 1. The standard InChI is InChI=1S/C12H12F2O4/c1-3-18-12(17)6(2)7-4-9(13)10(14)5-8(7)11(15)16/h4-6H,3H2,1-2H3,(H,15,16). The molecule has 0 aromatic heterocycles. The van der Waals surface area contributed by atoms with Crippen LogP contribution in [-0.4, -0.2) is 23.7 Å². The molecule has 98 valence electrons. The first-order valence-electron chi connectivity index (χ1n) is 5.27. The Balaban J connectivity index is 3.25. The van der Waals surface area contributed by atoms with Gasteiger partial charge in [0.05, 0.1) is 18.1 Å². The van der Waals surface area contributed by atoms with Crippen LogP contribution in [0.4, 0.5) is 8.78 Å². The molecule has 4 nitrogen and oxygen atoms in total. The maximum atomic E-state index is 13.1. The summed E-state index contributed by atoms with van der Waals surface area (Å²) in [5, 5.41) is 8.90. The minimum Gasteiger partial charge on any atom is -0.478 e. The van der Waals surface area contributed by atoms with Gasteiger partial charge in [-0.25, -0.2) is 13.6 Å². The Kier molecular flexibility index (Phi) is 4.36. The van der Waals surface area contributed by atoms with E-state index in [-0.39, 0.29) is 12.2 Å². The van der Waals surface area contributed by atoms with Gasteiger partial charge in [-0.1, -0.05) is 0 Å². The molecule has 1 unspecified atom stereocenters. The molecule has 1 N–H and O–H groups in total. The van der Waals surface area contributed by atoms with E-state index in [2.05, 4.69) is 0 Å². The van der Waals surface area contributed by atoms with Crippen LogP contribution in [0.1, 0.15) is 35.7 Å². The summed E-state index contributed by atoms with van der Waals surface area (Å²) < 4.78 is 30.8. The Labute approximate surface area is 102 Å². The first kappa shape index (κ1) is 14.1. The van der Waals surface area contributed by atoms with Gasteiger partial charge < -0.3 is 9.84 Å². The second kappa shape index (κ2) is 5.57. The molecule has 0 aliphatic rings. The number of hydrogen-bond donors (Lipinski definition) is 1. The van der Waals surface area contributed by atoms with Crippen LogP contribution in [0.15, 0.2) is 12.1 Å². The van der Waals surface area contributed by atoms with Gasteiger partial charge in [-0.2, -0.15) is 0 Å². The van der Waals surface area contributed by atoms with Crippen molar-refractivity contribution in [1.82, 2.24) is 0 Å². The third kappa shape index (κ3) is 2.82. The zero-order chi connectivity index (χ0) is 13.9. The largest absolute Gasteiger partial charge is 0.478 e. The van der Waals surface area contributed by atoms with Gasteiger partial charge in [0.25, 0.3) is 0 Å². The van der Waals surface area contributed by atoms with Crippen molar-refractivity contribution in [2.24, 2.45) is 0 Å². The molecule has 0 saturated heterocycles. The van der Waals surface area contributed by atoms with Gasteiger partial charge in [0, 0.05) is 0 Å². The second-order valence-corrected chi connectivity index (χ2v) is 3.63. The molecule has 1 aromatic carbocycles. The molecule has 0 aliphatic carbocycles. The van der Waals surface area contributed by atoms with Gasteiger partial charge >= 0.3 is 11.9 Å². The Hall–Kier alpha value is -1.98. The molecule has 1 aromatic rings. The number of carboxylic acids is 1. The van der Waals surface area contributed by atoms with E-state index >= 15 is 0 Å². The number of carbonyl (C=O) groups excluding carboxylic acids is 1. The third-order valence-electron chi connectivity index (χ3n) is 2.43. The van der Waals surface area contributed by atoms with E-state index in [0.29, 0.717) is 12.1 Å². The number of hydrogen-bond acceptors (Lipinski definition) is 3. The highest BCUT2D eigenvalue weighted by atomic mass is 19.2. The first-order valence-corrected chi connectivity index (χ1v) is 5.27. The summed E-state index contributed by atoms with van der Waals surface area (Å²) in [7, 11) is 0. The number of carbonyl (C=O) groups is 2. The van der Waals surface area contributed by atoms with Crippen molar-refractivity contribution >= 4 is 11.9 Å². The van der Waals surface area contributed by atoms with Crippen LogP contribution in [0.2, 0.25) is 0 Å². The van der Waals surface area contributed by atoms with Crippen LogP contribution < -0.4 is 0 Å². The number of rotatable bonds is 4. The molecule has 18 heavy (non-hydrogen) atoms. The Bertz CT molecular complexity index is 485. The highest BCUT2D eigenvalue weighted by Gasteiger charge is 2.24. The van der Waals surface area contributed by atoms with Crippen LogP contribution >= 0.6 is 0 Å². The van der Waals surface area contributed by atoms with Gasteiger partial charge in [0.15, 0.2) is 11.6 Å². The first-order chi connectivity index (χ1) is 8.38. The molecular weight excluding hydrogens is 246 g/mol. The summed E-state index contributed by atoms with van der Waals surface area (Å²) in [5.74, 6) is -5.57. The molecule has 0 heterocycles. The van der Waals surface area contributed by atoms with Crippen molar-refractivity contribution in [3.63, 3.8) is 0 Å². The van der Waals surface area contributed by atoms with Crippen LogP contribution in [0.5, 0.6) is 0 Å². The lowest BCUT2D eigenvalue weighted by Crippen LogP contribution is -2.17. The van der Waals surface area contributed by atoms with E-state index in [1.807, 2.05) is 0 Å². The van der Waals surface area contributed by atoms with Crippen molar-refractivity contribution in [3.8, 4) is 0 Å². The number of aromatic carboxylic acids is 1. The Morgan fingerprint density at radius 1 is 1.33 bits per heavy atom. The summed E-state index contributed by atoms with van der Waals surface area (Å²) >= 11 is 0. The van der Waals surface area contributed by atoms with E-state index in [9.17, 15) is 18.4 Å². The average Bonchev–Trinajstić information content (AvgIpc) is 2.31. The highest BCUT2D eigenvalue weighted by Crippen LogP contribution is 2.24. The fourth-order valence-corrected chi connectivity index (χ4v) is 1.50. The minimum absolute atomic E-state index is 0.111. The zero-order valence-electron chi connectivity index (χ0n) is 9.87. The molecule has 0 saturated carbocycles. The number of halogens is 2. The van der Waals surface area contributed by atoms with Crippen molar-refractivity contribution < 1.29 is 28.2 Å². The van der Waals surface area contributed by atoms with Crippen LogP contribution in [0.25, 0.3) is 0 Å². The lowest BCUT2D eigenvalue weighted by atomic mass is 9.95. The molecule has 0 amide bonds. The van der Waals surface area contributed by atoms with Crippen LogP contribution in [-0.2, 0) is 9.53 Å². The summed E-state index contributed by atoms with van der Waals surface area (Å²) in [4.78, 5) is 22.4. The predicted molar refractivity (Wildman–Crippen MR) is 58.4 cm³/mol. The second-order valence-electron chi connectivity index (χ2n) is 3.63. The summed E-state index contributed by atoms with van der Waals surface area (Å²) in [6.07, 6.45) is 0. The van der Waals surface area contributed by atoms with Crippen molar-refractivity contribution in [3.05, 3.63) is 34.9 Å². The molecule has 0 fully saturated rings. The number of esters is 1. The van der Waals surface area contributed by atoms with Gasteiger partial charge in [-0.3, -0.25) is 4.79 Å². The quantitative estimate of drug-likeness (QED) is 0.842. The Morgan fingerprint density at radius 2 is 1.89 bits per heavy atom. The minimum atomic E-state index is -1.43. The molecule has 0 spiro atoms. The maximum Gasteiger partial charge on any atom is 0.336 e. The van der Waals surface area contributed by atoms with Crippen molar-refractivity contribution in [1.29, 1.82) is 0 Å². The lowest BCUT2D eigenvalue weighted by molar-refractivity contribution is -0.144. The highest BCUT2D eigenvalue weighted by molar-refractivity contribution is 5.92. The molecule has 0 radical (unpaired) electrons. The molecule has 1 atom stereocenters. The van der Waals surface area contributed by atoms with E-state index in [4.69, 9.17) is 9.84 Å². The third-order valence-corrected chi connectivity index (χ3v) is 2.43. The molecular formula is C12H12F2O4. The van der Waals surface area contributed by atoms with E-state index in [1.54, 1.807) is 6.92 Å². The smallest absolute Gasteiger partial charge is 0.336 e. The molecule has 1 rings (SSSR count). The van der Waals surface area contributed by atoms with E-state index < -0.39 is 35.1 Å². The van der Waals surface area contributed by atoms with E-state index in [0.717, 1.165) is 0 Å². The SMILES string of the molecule is CCOC(=O)C(C)c1cc(F)c(F)cc1C(=O)O. The topological polar surface area (TPSA) is 63.6 Å². The van der Waals surface area contributed by atoms with Crippen molar-refractivity contribution in [2.75, 3.05) is 6.61 Å². The normalized spacial score (nSPS) is 12.0. The molecule has 0 bridgehead atoms. The summed E-state index contributed by atoms with van der Waals surface area (Å²) in [6, 6.07) is 1.27. The van der Waals surface area contributed by atoms with Gasteiger partial charge in [0.2, 0.25) is 0 Å². The van der Waals surface area contributed by atoms with Gasteiger partial charge in [-0.05, 0) is 31.5 Å². The molecule has 6 heteroatoms. The van der Waals surface area contributed by atoms with Gasteiger partial charge in [0.1, 0.15) is 0 Å². The predicted octanol–water partition coefficient (Wildman–Crippen LogP) is 2.33. The van der Waals surface area contributed by atoms with Gasteiger partial charge in [-0.15, -0.1) is 0 Å². The number of ether oxygens (including phenoxy) is 1. The fourth-order valence-electron chi connectivity index (χ4n) is 1.50. The van der Waals surface area contributed by atoms with E-state index in [1.165, 1.54) is 6.92 Å². The molecule has 0 aliphatic heterocycles. The average molecular weight is 258 g/mol. The lowest BCUT2D eigenvalue weighted by Gasteiger charge is -2.13. The fraction of sp³-hybridized carbons (Fsp3) is 0.333. The maximum absolute atomic E-state index is 13.1. The monoisotopic (exact) mass is 258 g/mol. The van der Waals surface area contributed by atoms with Crippen molar-refractivity contribution in [2.45, 2.75) is 19.8 Å². The summed E-state index contributed by atoms with van der Waals surface area (Å²) in [5.41, 5.74) is -0.561. The Morgan fingerprint density at radius 3 is 2.39 bits per heavy atom. The number of carboxylic acid groups (broad SMARTS) is 1. The van der Waals surface area contributed by atoms with Crippen LogP contribution in [0.3, 0.4) is 0 Å². The van der Waals surface area contributed by atoms with Crippen LogP contribution in [0, 0.1) is 11.6 Å². The zero-order valence-corrected chi connectivity index (χ0v) is 9.87. The summed E-state index contributed by atoms with van der Waals surface area (Å²) in [6.45, 7) is 3.08.